The van der Waals surface area contributed by atoms with Gasteiger partial charge in [0.15, 0.2) is 0 Å². The molecule has 3 unspecified atom stereocenters. The lowest BCUT2D eigenvalue weighted by Crippen LogP contribution is -2.43. The number of benzene rings is 1. The van der Waals surface area contributed by atoms with Gasteiger partial charge in [-0.15, -0.1) is 0 Å². The number of hydrogen-bond donors (Lipinski definition) is 3. The third kappa shape index (κ3) is 9.12. The predicted octanol–water partition coefficient (Wildman–Crippen LogP) is 2.62. The van der Waals surface area contributed by atoms with E-state index in [1.54, 1.807) is 14.2 Å². The quantitative estimate of drug-likeness (QED) is 0.382. The van der Waals surface area contributed by atoms with Crippen molar-refractivity contribution in [3.63, 3.8) is 0 Å². The molecule has 3 atom stereocenters. The molecule has 3 N–H and O–H groups in total. The number of carboxylic acid groups (broad SMARTS) is 1. The molecule has 7 nitrogen and oxygen atoms in total. The van der Waals surface area contributed by atoms with Gasteiger partial charge < -0.3 is 29.7 Å². The zero-order chi connectivity index (χ0) is 21.8. The summed E-state index contributed by atoms with van der Waals surface area (Å²) in [6.45, 7) is 7.52. The molecule has 166 valence electrons. The van der Waals surface area contributed by atoms with Crippen molar-refractivity contribution < 1.29 is 29.2 Å². The van der Waals surface area contributed by atoms with Crippen LogP contribution in [-0.4, -0.2) is 62.3 Å². The molecule has 0 fully saturated rings. The van der Waals surface area contributed by atoms with Gasteiger partial charge in [0, 0.05) is 25.7 Å². The minimum Gasteiger partial charge on any atom is -0.493 e. The Bertz CT molecular complexity index is 607. The van der Waals surface area contributed by atoms with Gasteiger partial charge in [-0.25, -0.2) is 0 Å². The highest BCUT2D eigenvalue weighted by Gasteiger charge is 2.28. The Balaban J connectivity index is 2.62. The molecular formula is C22H37NO6. The summed E-state index contributed by atoms with van der Waals surface area (Å²) in [6, 6.07) is 5.61. The summed E-state index contributed by atoms with van der Waals surface area (Å²) in [4.78, 5) is 11.4. The van der Waals surface area contributed by atoms with Crippen molar-refractivity contribution in [2.24, 2.45) is 11.8 Å². The Morgan fingerprint density at radius 1 is 1.24 bits per heavy atom. The Labute approximate surface area is 174 Å². The Morgan fingerprint density at radius 3 is 2.55 bits per heavy atom. The van der Waals surface area contributed by atoms with Crippen LogP contribution in [0.4, 0.5) is 0 Å². The summed E-state index contributed by atoms with van der Waals surface area (Å²) in [6.07, 6.45) is 0.172. The number of rotatable bonds is 15. The van der Waals surface area contributed by atoms with E-state index in [4.69, 9.17) is 14.2 Å². The highest BCUT2D eigenvalue weighted by Crippen LogP contribution is 2.22. The summed E-state index contributed by atoms with van der Waals surface area (Å²) in [7, 11) is 3.40. The van der Waals surface area contributed by atoms with Gasteiger partial charge in [-0.3, -0.25) is 4.79 Å². The fraction of sp³-hybridized carbons (Fsp3) is 0.682. The fourth-order valence-corrected chi connectivity index (χ4v) is 3.07. The maximum atomic E-state index is 11.4. The van der Waals surface area contributed by atoms with Crippen molar-refractivity contribution in [1.29, 1.82) is 0 Å². The number of aliphatic carboxylic acids is 1. The molecule has 0 aromatic heterocycles. The number of likely N-dealkylation sites (N-methyl/N-ethyl adjacent to an activating group) is 1. The SMILES string of the molecule is CNC(COCc1ccc(C)cc1OCCCOC)C(O)CC(C(=O)O)C(C)C. The lowest BCUT2D eigenvalue weighted by molar-refractivity contribution is -0.144. The second-order valence-electron chi connectivity index (χ2n) is 7.71. The molecule has 0 heterocycles. The van der Waals surface area contributed by atoms with Gasteiger partial charge in [0.1, 0.15) is 5.75 Å². The maximum absolute atomic E-state index is 11.4. The first-order valence-corrected chi connectivity index (χ1v) is 10.2. The number of methoxy groups -OCH3 is 1. The highest BCUT2D eigenvalue weighted by atomic mass is 16.5. The van der Waals surface area contributed by atoms with E-state index >= 15 is 0 Å². The van der Waals surface area contributed by atoms with Crippen LogP contribution < -0.4 is 10.1 Å². The number of carboxylic acids is 1. The second-order valence-corrected chi connectivity index (χ2v) is 7.71. The molecule has 0 radical (unpaired) electrons. The van der Waals surface area contributed by atoms with Crippen LogP contribution in [0.15, 0.2) is 18.2 Å². The van der Waals surface area contributed by atoms with Gasteiger partial charge in [-0.1, -0.05) is 26.0 Å². The summed E-state index contributed by atoms with van der Waals surface area (Å²) in [5.41, 5.74) is 2.04. The monoisotopic (exact) mass is 411 g/mol. The number of aryl methyl sites for hydroxylation is 1. The minimum atomic E-state index is -0.884. The van der Waals surface area contributed by atoms with Crippen LogP contribution in [0.25, 0.3) is 0 Å². The number of hydrogen-bond acceptors (Lipinski definition) is 6. The van der Waals surface area contributed by atoms with Crippen LogP contribution in [0.5, 0.6) is 5.75 Å². The molecule has 0 bridgehead atoms. The maximum Gasteiger partial charge on any atom is 0.306 e. The zero-order valence-corrected chi connectivity index (χ0v) is 18.3. The van der Waals surface area contributed by atoms with E-state index in [9.17, 15) is 15.0 Å². The normalized spacial score (nSPS) is 14.6. The number of nitrogens with one attached hydrogen (secondary N) is 1. The smallest absolute Gasteiger partial charge is 0.306 e. The van der Waals surface area contributed by atoms with Crippen molar-refractivity contribution in [3.8, 4) is 5.75 Å². The Kier molecular flexibility index (Phi) is 11.8. The van der Waals surface area contributed by atoms with Crippen molar-refractivity contribution >= 4 is 5.97 Å². The van der Waals surface area contributed by atoms with Crippen LogP contribution in [0.3, 0.4) is 0 Å². The van der Waals surface area contributed by atoms with Crippen LogP contribution in [-0.2, 0) is 20.9 Å². The number of aliphatic hydroxyl groups is 1. The summed E-state index contributed by atoms with van der Waals surface area (Å²) in [5.74, 6) is -0.742. The Morgan fingerprint density at radius 2 is 1.97 bits per heavy atom. The van der Waals surface area contributed by atoms with Crippen LogP contribution in [0.2, 0.25) is 0 Å². The molecule has 7 heteroatoms. The molecular weight excluding hydrogens is 374 g/mol. The van der Waals surface area contributed by atoms with E-state index in [2.05, 4.69) is 5.32 Å². The second kappa shape index (κ2) is 13.5. The molecule has 0 aliphatic heterocycles. The molecule has 0 saturated heterocycles. The van der Waals surface area contributed by atoms with E-state index in [0.29, 0.717) is 19.8 Å². The molecule has 1 rings (SSSR count). The van der Waals surface area contributed by atoms with Crippen LogP contribution >= 0.6 is 0 Å². The van der Waals surface area contributed by atoms with Gasteiger partial charge in [0.25, 0.3) is 0 Å². The molecule has 0 aliphatic carbocycles. The third-order valence-corrected chi connectivity index (χ3v) is 4.98. The number of carbonyl (C=O) groups is 1. The summed E-state index contributed by atoms with van der Waals surface area (Å²) < 4.78 is 16.7. The van der Waals surface area contributed by atoms with Crippen molar-refractivity contribution in [2.75, 3.05) is 34.0 Å². The van der Waals surface area contributed by atoms with Gasteiger partial charge >= 0.3 is 5.97 Å². The van der Waals surface area contributed by atoms with Crippen LogP contribution in [0.1, 0.15) is 37.8 Å². The van der Waals surface area contributed by atoms with E-state index in [1.165, 1.54) is 0 Å². The van der Waals surface area contributed by atoms with Gasteiger partial charge in [0.2, 0.25) is 0 Å². The summed E-state index contributed by atoms with van der Waals surface area (Å²) >= 11 is 0. The van der Waals surface area contributed by atoms with Gasteiger partial charge in [0.05, 0.1) is 37.9 Å². The molecule has 0 saturated carbocycles. The zero-order valence-electron chi connectivity index (χ0n) is 18.3. The first kappa shape index (κ1) is 25.4. The average molecular weight is 412 g/mol. The molecule has 0 spiro atoms. The van der Waals surface area contributed by atoms with Crippen molar-refractivity contribution in [1.82, 2.24) is 5.32 Å². The lowest BCUT2D eigenvalue weighted by atomic mass is 9.88. The summed E-state index contributed by atoms with van der Waals surface area (Å²) in [5, 5.41) is 22.9. The first-order valence-electron chi connectivity index (χ1n) is 10.2. The first-order chi connectivity index (χ1) is 13.8. The topological polar surface area (TPSA) is 97.3 Å². The van der Waals surface area contributed by atoms with E-state index < -0.39 is 18.0 Å². The number of aliphatic hydroxyl groups excluding tert-OH is 1. The standard InChI is InChI=1S/C22H37NO6/c1-15(2)18(22(25)26)12-20(24)19(23-4)14-28-13-17-8-7-16(3)11-21(17)29-10-6-9-27-5/h7-8,11,15,18-20,23-24H,6,9-10,12-14H2,1-5H3,(H,25,26). The lowest BCUT2D eigenvalue weighted by Gasteiger charge is -2.26. The van der Waals surface area contributed by atoms with Crippen LogP contribution in [0, 0.1) is 18.8 Å². The highest BCUT2D eigenvalue weighted by molar-refractivity contribution is 5.70. The van der Waals surface area contributed by atoms with E-state index in [-0.39, 0.29) is 25.0 Å². The molecule has 1 aromatic carbocycles. The largest absolute Gasteiger partial charge is 0.493 e. The predicted molar refractivity (Wildman–Crippen MR) is 112 cm³/mol. The molecule has 0 amide bonds. The van der Waals surface area contributed by atoms with Crippen molar-refractivity contribution in [2.45, 2.75) is 52.4 Å². The van der Waals surface area contributed by atoms with E-state index in [1.807, 2.05) is 39.0 Å². The molecule has 1 aromatic rings. The van der Waals surface area contributed by atoms with E-state index in [0.717, 1.165) is 23.3 Å². The third-order valence-electron chi connectivity index (χ3n) is 4.98. The molecule has 0 aliphatic rings. The Hall–Kier alpha value is -1.67. The van der Waals surface area contributed by atoms with Gasteiger partial charge in [-0.05, 0) is 37.9 Å². The fourth-order valence-electron chi connectivity index (χ4n) is 3.07. The minimum absolute atomic E-state index is 0.0500. The molecule has 29 heavy (non-hydrogen) atoms. The van der Waals surface area contributed by atoms with Crippen molar-refractivity contribution in [3.05, 3.63) is 29.3 Å². The average Bonchev–Trinajstić information content (AvgIpc) is 2.67. The number of ether oxygens (including phenoxy) is 3. The van der Waals surface area contributed by atoms with Gasteiger partial charge in [-0.2, -0.15) is 0 Å².